The highest BCUT2D eigenvalue weighted by Gasteiger charge is 2.07. The molecule has 0 aliphatic heterocycles. The van der Waals surface area contributed by atoms with Crippen molar-refractivity contribution in [3.8, 4) is 0 Å². The number of hydrogen-bond donors (Lipinski definition) is 1. The van der Waals surface area contributed by atoms with Gasteiger partial charge in [0.05, 0.1) is 5.75 Å². The van der Waals surface area contributed by atoms with Gasteiger partial charge in [-0.15, -0.1) is 0 Å². The van der Waals surface area contributed by atoms with E-state index in [0.29, 0.717) is 0 Å². The Morgan fingerprint density at radius 2 is 1.88 bits per heavy atom. The lowest BCUT2D eigenvalue weighted by molar-refractivity contribution is -0.144. The van der Waals surface area contributed by atoms with Crippen LogP contribution in [0, 0.1) is 0 Å². The monoisotopic (exact) mass is 257 g/mol. The van der Waals surface area contributed by atoms with Crippen LogP contribution in [0.5, 0.6) is 0 Å². The third-order valence-electron chi connectivity index (χ3n) is 2.05. The molecule has 0 aliphatic rings. The van der Waals surface area contributed by atoms with E-state index in [2.05, 4.69) is 0 Å². The average molecular weight is 257 g/mol. The molecule has 0 atom stereocenters. The molecule has 0 bridgehead atoms. The predicted octanol–water partition coefficient (Wildman–Crippen LogP) is 0.798. The lowest BCUT2D eigenvalue weighted by atomic mass is 10.2. The molecule has 0 spiro atoms. The summed E-state index contributed by atoms with van der Waals surface area (Å²) in [6, 6.07) is 9.26. The van der Waals surface area contributed by atoms with Crippen LogP contribution in [0.1, 0.15) is 18.4 Å². The highest BCUT2D eigenvalue weighted by Crippen LogP contribution is 2.03. The van der Waals surface area contributed by atoms with E-state index in [-0.39, 0.29) is 25.2 Å². The van der Waals surface area contributed by atoms with Gasteiger partial charge in [-0.05, 0) is 12.0 Å². The van der Waals surface area contributed by atoms with Crippen LogP contribution in [0.2, 0.25) is 0 Å². The fourth-order valence-electron chi connectivity index (χ4n) is 1.23. The topological polar surface area (TPSA) is 86.5 Å². The van der Waals surface area contributed by atoms with Crippen molar-refractivity contribution in [3.63, 3.8) is 0 Å². The van der Waals surface area contributed by atoms with Gasteiger partial charge in [0.15, 0.2) is 0 Å². The van der Waals surface area contributed by atoms with E-state index in [1.807, 2.05) is 30.3 Å². The minimum Gasteiger partial charge on any atom is -0.461 e. The van der Waals surface area contributed by atoms with Crippen LogP contribution in [-0.2, 0) is 26.2 Å². The number of hydrogen-bond acceptors (Lipinski definition) is 4. The van der Waals surface area contributed by atoms with Gasteiger partial charge in [0.1, 0.15) is 6.61 Å². The van der Waals surface area contributed by atoms with Gasteiger partial charge in [0.2, 0.25) is 10.0 Å². The smallest absolute Gasteiger partial charge is 0.306 e. The highest BCUT2D eigenvalue weighted by molar-refractivity contribution is 7.89. The van der Waals surface area contributed by atoms with Crippen molar-refractivity contribution in [2.24, 2.45) is 5.14 Å². The summed E-state index contributed by atoms with van der Waals surface area (Å²) < 4.78 is 26.2. The van der Waals surface area contributed by atoms with Crippen LogP contribution in [-0.4, -0.2) is 20.1 Å². The number of primary sulfonamides is 1. The van der Waals surface area contributed by atoms with Gasteiger partial charge in [-0.3, -0.25) is 4.79 Å². The summed E-state index contributed by atoms with van der Waals surface area (Å²) in [6.07, 6.45) is 0.246. The van der Waals surface area contributed by atoms with Crippen LogP contribution in [0.4, 0.5) is 0 Å². The van der Waals surface area contributed by atoms with Crippen molar-refractivity contribution in [2.75, 3.05) is 5.75 Å². The molecule has 94 valence electrons. The molecule has 0 unspecified atom stereocenters. The minimum absolute atomic E-state index is 0.0588. The Balaban J connectivity index is 2.22. The van der Waals surface area contributed by atoms with E-state index < -0.39 is 16.0 Å². The molecule has 0 saturated heterocycles. The van der Waals surface area contributed by atoms with Crippen molar-refractivity contribution in [1.29, 1.82) is 0 Å². The Bertz CT molecular complexity index is 456. The van der Waals surface area contributed by atoms with Gasteiger partial charge >= 0.3 is 5.97 Å². The van der Waals surface area contributed by atoms with E-state index in [0.717, 1.165) is 5.56 Å². The number of benzene rings is 1. The number of sulfonamides is 1. The van der Waals surface area contributed by atoms with E-state index in [1.165, 1.54) is 0 Å². The number of rotatable bonds is 6. The fourth-order valence-corrected chi connectivity index (χ4v) is 1.77. The summed E-state index contributed by atoms with van der Waals surface area (Å²) in [6.45, 7) is 0.203. The summed E-state index contributed by atoms with van der Waals surface area (Å²) in [4.78, 5) is 11.2. The quantitative estimate of drug-likeness (QED) is 0.764. The molecule has 17 heavy (non-hydrogen) atoms. The summed E-state index contributed by atoms with van der Waals surface area (Å²) in [7, 11) is -3.49. The standard InChI is InChI=1S/C11H15NO4S/c12-17(14,15)8-4-7-11(13)16-9-10-5-2-1-3-6-10/h1-3,5-6H,4,7-9H2,(H2,12,14,15). The van der Waals surface area contributed by atoms with Crippen molar-refractivity contribution in [2.45, 2.75) is 19.4 Å². The van der Waals surface area contributed by atoms with Crippen LogP contribution >= 0.6 is 0 Å². The van der Waals surface area contributed by atoms with E-state index >= 15 is 0 Å². The molecule has 2 N–H and O–H groups in total. The van der Waals surface area contributed by atoms with E-state index in [1.54, 1.807) is 0 Å². The van der Waals surface area contributed by atoms with Crippen molar-refractivity contribution in [3.05, 3.63) is 35.9 Å². The van der Waals surface area contributed by atoms with Crippen molar-refractivity contribution in [1.82, 2.24) is 0 Å². The largest absolute Gasteiger partial charge is 0.461 e. The van der Waals surface area contributed by atoms with Gasteiger partial charge in [-0.2, -0.15) is 0 Å². The van der Waals surface area contributed by atoms with Gasteiger partial charge in [-0.25, -0.2) is 13.6 Å². The SMILES string of the molecule is NS(=O)(=O)CCCC(=O)OCc1ccccc1. The van der Waals surface area contributed by atoms with Crippen LogP contribution in [0.15, 0.2) is 30.3 Å². The maximum atomic E-state index is 11.2. The molecule has 5 nitrogen and oxygen atoms in total. The lowest BCUT2D eigenvalue weighted by Gasteiger charge is -2.04. The first kappa shape index (κ1) is 13.7. The second-order valence-corrected chi connectivity index (χ2v) is 5.35. The fraction of sp³-hybridized carbons (Fsp3) is 0.364. The molecule has 0 radical (unpaired) electrons. The normalized spacial score (nSPS) is 11.1. The number of nitrogens with two attached hydrogens (primary N) is 1. The molecule has 0 fully saturated rings. The Morgan fingerprint density at radius 1 is 1.24 bits per heavy atom. The Morgan fingerprint density at radius 3 is 2.47 bits per heavy atom. The molecule has 1 rings (SSSR count). The number of carbonyl (C=O) groups excluding carboxylic acids is 1. The first-order valence-electron chi connectivity index (χ1n) is 5.17. The maximum absolute atomic E-state index is 11.2. The predicted molar refractivity (Wildman–Crippen MR) is 63.4 cm³/mol. The van der Waals surface area contributed by atoms with Crippen LogP contribution < -0.4 is 5.14 Å². The zero-order valence-electron chi connectivity index (χ0n) is 9.33. The van der Waals surface area contributed by atoms with Gasteiger partial charge < -0.3 is 4.74 Å². The summed E-state index contributed by atoms with van der Waals surface area (Å²) in [5.41, 5.74) is 0.896. The Hall–Kier alpha value is -1.40. The Kier molecular flexibility index (Phi) is 5.11. The first-order chi connectivity index (χ1) is 7.97. The molecular formula is C11H15NO4S. The highest BCUT2D eigenvalue weighted by atomic mass is 32.2. The molecule has 1 aromatic rings. The third-order valence-corrected chi connectivity index (χ3v) is 2.91. The molecule has 0 saturated carbocycles. The second kappa shape index (κ2) is 6.36. The zero-order chi connectivity index (χ0) is 12.7. The Labute approximate surface area is 101 Å². The molecule has 0 aromatic heterocycles. The number of carbonyl (C=O) groups is 1. The van der Waals surface area contributed by atoms with Crippen LogP contribution in [0.25, 0.3) is 0 Å². The summed E-state index contributed by atoms with van der Waals surface area (Å²) in [5.74, 6) is -0.620. The average Bonchev–Trinajstić information content (AvgIpc) is 2.26. The third kappa shape index (κ3) is 6.70. The zero-order valence-corrected chi connectivity index (χ0v) is 10.2. The maximum Gasteiger partial charge on any atom is 0.306 e. The molecule has 0 heterocycles. The molecule has 6 heteroatoms. The molecular weight excluding hydrogens is 242 g/mol. The van der Waals surface area contributed by atoms with Crippen molar-refractivity contribution < 1.29 is 17.9 Å². The summed E-state index contributed by atoms with van der Waals surface area (Å²) in [5, 5.41) is 4.81. The summed E-state index contributed by atoms with van der Waals surface area (Å²) >= 11 is 0. The molecule has 1 aromatic carbocycles. The van der Waals surface area contributed by atoms with E-state index in [9.17, 15) is 13.2 Å². The molecule has 0 amide bonds. The van der Waals surface area contributed by atoms with Gasteiger partial charge in [-0.1, -0.05) is 30.3 Å². The lowest BCUT2D eigenvalue weighted by Crippen LogP contribution is -2.17. The number of esters is 1. The number of ether oxygens (including phenoxy) is 1. The van der Waals surface area contributed by atoms with Crippen molar-refractivity contribution >= 4 is 16.0 Å². The van der Waals surface area contributed by atoms with Crippen LogP contribution in [0.3, 0.4) is 0 Å². The second-order valence-electron chi connectivity index (χ2n) is 3.62. The minimum atomic E-state index is -3.49. The molecule has 0 aliphatic carbocycles. The van der Waals surface area contributed by atoms with Gasteiger partial charge in [0, 0.05) is 6.42 Å². The van der Waals surface area contributed by atoms with E-state index in [4.69, 9.17) is 9.88 Å². The van der Waals surface area contributed by atoms with Gasteiger partial charge in [0.25, 0.3) is 0 Å². The first-order valence-corrected chi connectivity index (χ1v) is 6.89.